The Morgan fingerprint density at radius 2 is 2.04 bits per heavy atom. The number of nitrogens with one attached hydrogen (secondary N) is 1. The molecular weight excluding hydrogens is 302 g/mol. The predicted molar refractivity (Wildman–Crippen MR) is 93.9 cm³/mol. The number of aromatic nitrogens is 1. The zero-order valence-electron chi connectivity index (χ0n) is 13.7. The quantitative estimate of drug-likeness (QED) is 0.783. The fourth-order valence-corrected chi connectivity index (χ4v) is 2.37. The summed E-state index contributed by atoms with van der Waals surface area (Å²) in [7, 11) is 3.89. The molecule has 0 bridgehead atoms. The van der Waals surface area contributed by atoms with Crippen LogP contribution in [0.4, 0.5) is 5.69 Å². The molecule has 0 aliphatic carbocycles. The predicted octanol–water partition coefficient (Wildman–Crippen LogP) is 3.34. The molecule has 0 atom stereocenters. The van der Waals surface area contributed by atoms with Crippen LogP contribution in [0.15, 0.2) is 65.5 Å². The highest BCUT2D eigenvalue weighted by Gasteiger charge is 2.08. The van der Waals surface area contributed by atoms with Crippen LogP contribution in [0.3, 0.4) is 0 Å². The first-order valence-corrected chi connectivity index (χ1v) is 7.67. The van der Waals surface area contributed by atoms with Crippen molar-refractivity contribution in [1.82, 2.24) is 10.3 Å². The van der Waals surface area contributed by atoms with Crippen LogP contribution in [-0.2, 0) is 6.54 Å². The molecule has 1 N–H and O–H groups in total. The van der Waals surface area contributed by atoms with Crippen LogP contribution < -0.4 is 10.2 Å². The van der Waals surface area contributed by atoms with Crippen LogP contribution in [0.1, 0.15) is 15.9 Å². The molecule has 0 saturated carbocycles. The van der Waals surface area contributed by atoms with Gasteiger partial charge in [-0.2, -0.15) is 0 Å². The minimum atomic E-state index is -0.109. The highest BCUT2D eigenvalue weighted by atomic mass is 16.3. The van der Waals surface area contributed by atoms with Crippen molar-refractivity contribution in [3.05, 3.63) is 72.2 Å². The van der Waals surface area contributed by atoms with E-state index in [0.29, 0.717) is 12.1 Å². The minimum Gasteiger partial charge on any atom is -0.464 e. The lowest BCUT2D eigenvalue weighted by atomic mass is 10.1. The van der Waals surface area contributed by atoms with Crippen LogP contribution in [0.2, 0.25) is 0 Å². The number of pyridine rings is 1. The van der Waals surface area contributed by atoms with Crippen LogP contribution >= 0.6 is 0 Å². The van der Waals surface area contributed by atoms with Crippen molar-refractivity contribution < 1.29 is 9.21 Å². The number of hydrogen-bond donors (Lipinski definition) is 1. The van der Waals surface area contributed by atoms with Gasteiger partial charge in [-0.25, -0.2) is 0 Å². The Morgan fingerprint density at radius 3 is 2.79 bits per heavy atom. The Hall–Kier alpha value is -3.08. The van der Waals surface area contributed by atoms with E-state index in [1.54, 1.807) is 24.7 Å². The summed E-state index contributed by atoms with van der Waals surface area (Å²) >= 11 is 0. The third-order valence-corrected chi connectivity index (χ3v) is 3.68. The van der Waals surface area contributed by atoms with E-state index in [9.17, 15) is 4.79 Å². The van der Waals surface area contributed by atoms with E-state index < -0.39 is 0 Å². The number of carbonyl (C=O) groups is 1. The van der Waals surface area contributed by atoms with Crippen molar-refractivity contribution >= 4 is 11.6 Å². The van der Waals surface area contributed by atoms with Crippen molar-refractivity contribution in [2.75, 3.05) is 19.0 Å². The monoisotopic (exact) mass is 321 g/mol. The number of hydrogen-bond acceptors (Lipinski definition) is 4. The van der Waals surface area contributed by atoms with Gasteiger partial charge in [0.2, 0.25) is 0 Å². The van der Waals surface area contributed by atoms with E-state index in [4.69, 9.17) is 4.42 Å². The van der Waals surface area contributed by atoms with Crippen molar-refractivity contribution in [2.24, 2.45) is 0 Å². The first-order valence-electron chi connectivity index (χ1n) is 7.67. The van der Waals surface area contributed by atoms with Crippen LogP contribution in [0, 0.1) is 0 Å². The van der Waals surface area contributed by atoms with E-state index in [1.807, 2.05) is 55.4 Å². The molecule has 0 spiro atoms. The summed E-state index contributed by atoms with van der Waals surface area (Å²) in [6.45, 7) is 0.409. The molecule has 1 aromatic carbocycles. The molecule has 0 radical (unpaired) electrons. The zero-order valence-corrected chi connectivity index (χ0v) is 13.7. The lowest BCUT2D eigenvalue weighted by Gasteiger charge is -2.13. The second-order valence-corrected chi connectivity index (χ2v) is 5.69. The molecule has 5 heteroatoms. The average Bonchev–Trinajstić information content (AvgIpc) is 3.15. The Balaban J connectivity index is 1.68. The first kappa shape index (κ1) is 15.8. The number of nitrogens with zero attached hydrogens (tertiary/aromatic N) is 2. The number of carbonyl (C=O) groups excluding carboxylic acids is 1. The van der Waals surface area contributed by atoms with Gasteiger partial charge in [0, 0.05) is 49.8 Å². The number of benzene rings is 1. The third kappa shape index (κ3) is 3.63. The molecule has 0 saturated heterocycles. The second kappa shape index (κ2) is 7.00. The zero-order chi connectivity index (χ0) is 16.9. The standard InChI is InChI=1S/C19H19N3O2/c1-22(2)17-6-3-5-15(10-17)19(23)21-12-14-9-16(13-20-11-14)18-7-4-8-24-18/h3-11,13H,12H2,1-2H3,(H,21,23). The Bertz CT molecular complexity index is 826. The molecule has 0 aliphatic rings. The van der Waals surface area contributed by atoms with E-state index >= 15 is 0 Å². The molecule has 5 nitrogen and oxygen atoms in total. The molecule has 3 rings (SSSR count). The van der Waals surface area contributed by atoms with Gasteiger partial charge in [0.1, 0.15) is 5.76 Å². The van der Waals surface area contributed by atoms with Crippen molar-refractivity contribution in [3.8, 4) is 11.3 Å². The summed E-state index contributed by atoms with van der Waals surface area (Å²) < 4.78 is 5.37. The molecule has 122 valence electrons. The molecule has 1 amide bonds. The minimum absolute atomic E-state index is 0.109. The third-order valence-electron chi connectivity index (χ3n) is 3.68. The van der Waals surface area contributed by atoms with E-state index in [0.717, 1.165) is 22.6 Å². The first-order chi connectivity index (χ1) is 11.6. The van der Waals surface area contributed by atoms with Gasteiger partial charge < -0.3 is 14.6 Å². The lowest BCUT2D eigenvalue weighted by Crippen LogP contribution is -2.23. The lowest BCUT2D eigenvalue weighted by molar-refractivity contribution is 0.0951. The van der Waals surface area contributed by atoms with Crippen LogP contribution in [-0.4, -0.2) is 25.0 Å². The number of amides is 1. The second-order valence-electron chi connectivity index (χ2n) is 5.69. The van der Waals surface area contributed by atoms with Gasteiger partial charge in [-0.05, 0) is 42.0 Å². The summed E-state index contributed by atoms with van der Waals surface area (Å²) in [4.78, 5) is 18.5. The molecule has 0 unspecified atom stereocenters. The summed E-state index contributed by atoms with van der Waals surface area (Å²) in [5, 5.41) is 2.93. The van der Waals surface area contributed by atoms with Gasteiger partial charge in [-0.15, -0.1) is 0 Å². The van der Waals surface area contributed by atoms with Gasteiger partial charge in [0.25, 0.3) is 5.91 Å². The van der Waals surface area contributed by atoms with Gasteiger partial charge in [0.05, 0.1) is 6.26 Å². The largest absolute Gasteiger partial charge is 0.464 e. The topological polar surface area (TPSA) is 58.4 Å². The molecule has 2 aromatic heterocycles. The maximum Gasteiger partial charge on any atom is 0.251 e. The van der Waals surface area contributed by atoms with Gasteiger partial charge in [0.15, 0.2) is 0 Å². The SMILES string of the molecule is CN(C)c1cccc(C(=O)NCc2cncc(-c3ccco3)c2)c1. The molecule has 3 aromatic rings. The molecular formula is C19H19N3O2. The molecule has 2 heterocycles. The Kier molecular flexibility index (Phi) is 4.61. The summed E-state index contributed by atoms with van der Waals surface area (Å²) in [6.07, 6.45) is 5.11. The van der Waals surface area contributed by atoms with Crippen molar-refractivity contribution in [2.45, 2.75) is 6.54 Å². The van der Waals surface area contributed by atoms with E-state index in [1.165, 1.54) is 0 Å². The maximum absolute atomic E-state index is 12.3. The normalized spacial score (nSPS) is 10.4. The van der Waals surface area contributed by atoms with E-state index in [-0.39, 0.29) is 5.91 Å². The van der Waals surface area contributed by atoms with E-state index in [2.05, 4.69) is 10.3 Å². The Morgan fingerprint density at radius 1 is 1.17 bits per heavy atom. The van der Waals surface area contributed by atoms with Crippen LogP contribution in [0.5, 0.6) is 0 Å². The fourth-order valence-electron chi connectivity index (χ4n) is 2.37. The van der Waals surface area contributed by atoms with Crippen LogP contribution in [0.25, 0.3) is 11.3 Å². The summed E-state index contributed by atoms with van der Waals surface area (Å²) in [6, 6.07) is 13.2. The van der Waals surface area contributed by atoms with Crippen molar-refractivity contribution in [3.63, 3.8) is 0 Å². The van der Waals surface area contributed by atoms with Gasteiger partial charge >= 0.3 is 0 Å². The molecule has 0 aliphatic heterocycles. The fraction of sp³-hybridized carbons (Fsp3) is 0.158. The van der Waals surface area contributed by atoms with Gasteiger partial charge in [-0.3, -0.25) is 9.78 Å². The summed E-state index contributed by atoms with van der Waals surface area (Å²) in [5.41, 5.74) is 3.43. The maximum atomic E-state index is 12.3. The summed E-state index contributed by atoms with van der Waals surface area (Å²) in [5.74, 6) is 0.650. The smallest absolute Gasteiger partial charge is 0.251 e. The molecule has 0 fully saturated rings. The van der Waals surface area contributed by atoms with Gasteiger partial charge in [-0.1, -0.05) is 6.07 Å². The number of rotatable bonds is 5. The average molecular weight is 321 g/mol. The van der Waals surface area contributed by atoms with Crippen molar-refractivity contribution in [1.29, 1.82) is 0 Å². The number of furan rings is 1. The highest BCUT2D eigenvalue weighted by molar-refractivity contribution is 5.95. The Labute approximate surface area is 140 Å². The molecule has 24 heavy (non-hydrogen) atoms. The highest BCUT2D eigenvalue weighted by Crippen LogP contribution is 2.19. The number of anilines is 1.